The standard InChI is InChI=1S/C13H26N2O/c1-13(2,3)15-8-9-16-12(11-15)10-14-6-4-5-7-14/h12H,4-11H2,1-3H3. The van der Waals surface area contributed by atoms with Crippen molar-refractivity contribution in [3.8, 4) is 0 Å². The Morgan fingerprint density at radius 1 is 1.12 bits per heavy atom. The van der Waals surface area contributed by atoms with Gasteiger partial charge in [-0.15, -0.1) is 0 Å². The fourth-order valence-electron chi connectivity index (χ4n) is 2.69. The fourth-order valence-corrected chi connectivity index (χ4v) is 2.69. The van der Waals surface area contributed by atoms with Crippen LogP contribution in [0.2, 0.25) is 0 Å². The highest BCUT2D eigenvalue weighted by molar-refractivity contribution is 4.83. The first kappa shape index (κ1) is 12.3. The third kappa shape index (κ3) is 3.19. The van der Waals surface area contributed by atoms with Crippen molar-refractivity contribution in [2.45, 2.75) is 45.3 Å². The molecular weight excluding hydrogens is 200 g/mol. The van der Waals surface area contributed by atoms with Gasteiger partial charge in [0.1, 0.15) is 0 Å². The van der Waals surface area contributed by atoms with E-state index in [2.05, 4.69) is 30.6 Å². The first-order valence-electron chi connectivity index (χ1n) is 6.65. The van der Waals surface area contributed by atoms with E-state index < -0.39 is 0 Å². The lowest BCUT2D eigenvalue weighted by molar-refractivity contribution is -0.0671. The predicted octanol–water partition coefficient (Wildman–Crippen LogP) is 1.58. The molecule has 1 atom stereocenters. The molecule has 1 unspecified atom stereocenters. The van der Waals surface area contributed by atoms with E-state index in [0.717, 1.165) is 26.2 Å². The molecule has 2 heterocycles. The van der Waals surface area contributed by atoms with Gasteiger partial charge in [0.25, 0.3) is 0 Å². The maximum absolute atomic E-state index is 5.88. The van der Waals surface area contributed by atoms with Gasteiger partial charge in [-0.05, 0) is 46.7 Å². The molecule has 94 valence electrons. The lowest BCUT2D eigenvalue weighted by Crippen LogP contribution is -2.53. The number of hydrogen-bond donors (Lipinski definition) is 0. The predicted molar refractivity (Wildman–Crippen MR) is 66.7 cm³/mol. The van der Waals surface area contributed by atoms with E-state index in [-0.39, 0.29) is 5.54 Å². The van der Waals surface area contributed by atoms with Crippen LogP contribution in [0.1, 0.15) is 33.6 Å². The molecule has 0 aromatic heterocycles. The van der Waals surface area contributed by atoms with Crippen LogP contribution in [-0.2, 0) is 4.74 Å². The summed E-state index contributed by atoms with van der Waals surface area (Å²) in [4.78, 5) is 5.11. The molecule has 0 N–H and O–H groups in total. The van der Waals surface area contributed by atoms with Gasteiger partial charge in [0.2, 0.25) is 0 Å². The summed E-state index contributed by atoms with van der Waals surface area (Å²) in [5.41, 5.74) is 0.285. The molecule has 2 rings (SSSR count). The van der Waals surface area contributed by atoms with Crippen LogP contribution in [0, 0.1) is 0 Å². The number of ether oxygens (including phenoxy) is 1. The van der Waals surface area contributed by atoms with Gasteiger partial charge in [0.05, 0.1) is 12.7 Å². The van der Waals surface area contributed by atoms with Crippen LogP contribution >= 0.6 is 0 Å². The summed E-state index contributed by atoms with van der Waals surface area (Å²) in [5.74, 6) is 0. The molecule has 3 heteroatoms. The molecule has 2 aliphatic rings. The van der Waals surface area contributed by atoms with Crippen molar-refractivity contribution in [3.05, 3.63) is 0 Å². The van der Waals surface area contributed by atoms with Crippen LogP contribution in [0.3, 0.4) is 0 Å². The number of nitrogens with zero attached hydrogens (tertiary/aromatic N) is 2. The van der Waals surface area contributed by atoms with Crippen molar-refractivity contribution in [3.63, 3.8) is 0 Å². The third-order valence-corrected chi connectivity index (χ3v) is 3.75. The Kier molecular flexibility index (Phi) is 3.88. The van der Waals surface area contributed by atoms with Crippen molar-refractivity contribution in [1.29, 1.82) is 0 Å². The summed E-state index contributed by atoms with van der Waals surface area (Å²) < 4.78 is 5.88. The maximum atomic E-state index is 5.88. The van der Waals surface area contributed by atoms with E-state index in [9.17, 15) is 0 Å². The second-order valence-corrected chi connectivity index (χ2v) is 6.12. The van der Waals surface area contributed by atoms with Gasteiger partial charge in [-0.1, -0.05) is 0 Å². The number of morpholine rings is 1. The van der Waals surface area contributed by atoms with Crippen molar-refractivity contribution in [2.24, 2.45) is 0 Å². The molecule has 0 radical (unpaired) electrons. The minimum absolute atomic E-state index is 0.285. The summed E-state index contributed by atoms with van der Waals surface area (Å²) in [6.45, 7) is 13.6. The van der Waals surface area contributed by atoms with Gasteiger partial charge in [-0.2, -0.15) is 0 Å². The summed E-state index contributed by atoms with van der Waals surface area (Å²) >= 11 is 0. The second-order valence-electron chi connectivity index (χ2n) is 6.12. The zero-order valence-electron chi connectivity index (χ0n) is 11.0. The van der Waals surface area contributed by atoms with Gasteiger partial charge in [0, 0.05) is 25.2 Å². The van der Waals surface area contributed by atoms with Crippen molar-refractivity contribution in [1.82, 2.24) is 9.80 Å². The van der Waals surface area contributed by atoms with E-state index in [1.54, 1.807) is 0 Å². The van der Waals surface area contributed by atoms with E-state index >= 15 is 0 Å². The van der Waals surface area contributed by atoms with Gasteiger partial charge in [-0.3, -0.25) is 4.90 Å². The average Bonchev–Trinajstić information content (AvgIpc) is 2.70. The maximum Gasteiger partial charge on any atom is 0.0829 e. The fraction of sp³-hybridized carbons (Fsp3) is 1.00. The van der Waals surface area contributed by atoms with Crippen molar-refractivity contribution < 1.29 is 4.74 Å². The van der Waals surface area contributed by atoms with E-state index in [0.29, 0.717) is 6.10 Å². The molecule has 0 bridgehead atoms. The zero-order valence-corrected chi connectivity index (χ0v) is 11.0. The average molecular weight is 226 g/mol. The van der Waals surface area contributed by atoms with Crippen LogP contribution < -0.4 is 0 Å². The van der Waals surface area contributed by atoms with Crippen LogP contribution in [0.15, 0.2) is 0 Å². The summed E-state index contributed by atoms with van der Waals surface area (Å²) in [6, 6.07) is 0. The topological polar surface area (TPSA) is 15.7 Å². The molecule has 0 saturated carbocycles. The zero-order chi connectivity index (χ0) is 11.6. The van der Waals surface area contributed by atoms with Crippen LogP contribution in [0.5, 0.6) is 0 Å². The Morgan fingerprint density at radius 3 is 2.44 bits per heavy atom. The molecule has 3 nitrogen and oxygen atoms in total. The summed E-state index contributed by atoms with van der Waals surface area (Å²) in [5, 5.41) is 0. The minimum Gasteiger partial charge on any atom is -0.374 e. The smallest absolute Gasteiger partial charge is 0.0829 e. The quantitative estimate of drug-likeness (QED) is 0.711. The molecule has 0 aromatic rings. The first-order chi connectivity index (χ1) is 7.55. The molecule has 2 aliphatic heterocycles. The highest BCUT2D eigenvalue weighted by Gasteiger charge is 2.29. The van der Waals surface area contributed by atoms with Crippen LogP contribution in [-0.4, -0.2) is 60.8 Å². The van der Waals surface area contributed by atoms with Gasteiger partial charge in [0.15, 0.2) is 0 Å². The van der Waals surface area contributed by atoms with Crippen LogP contribution in [0.4, 0.5) is 0 Å². The highest BCUT2D eigenvalue weighted by atomic mass is 16.5. The molecule has 2 fully saturated rings. The Balaban J connectivity index is 1.81. The third-order valence-electron chi connectivity index (χ3n) is 3.75. The van der Waals surface area contributed by atoms with Crippen LogP contribution in [0.25, 0.3) is 0 Å². The molecule has 0 aromatic carbocycles. The number of rotatable bonds is 2. The lowest BCUT2D eigenvalue weighted by Gasteiger charge is -2.42. The van der Waals surface area contributed by atoms with E-state index in [1.165, 1.54) is 25.9 Å². The summed E-state index contributed by atoms with van der Waals surface area (Å²) in [6.07, 6.45) is 3.16. The van der Waals surface area contributed by atoms with Gasteiger partial charge in [-0.25, -0.2) is 0 Å². The van der Waals surface area contributed by atoms with Gasteiger partial charge < -0.3 is 9.64 Å². The van der Waals surface area contributed by atoms with E-state index in [4.69, 9.17) is 4.74 Å². The summed E-state index contributed by atoms with van der Waals surface area (Å²) in [7, 11) is 0. The lowest BCUT2D eigenvalue weighted by atomic mass is 10.0. The Morgan fingerprint density at radius 2 is 1.81 bits per heavy atom. The minimum atomic E-state index is 0.285. The normalized spacial score (nSPS) is 29.8. The SMILES string of the molecule is CC(C)(C)N1CCOC(CN2CCCC2)C1. The van der Waals surface area contributed by atoms with Crippen molar-refractivity contribution in [2.75, 3.05) is 39.3 Å². The van der Waals surface area contributed by atoms with Crippen molar-refractivity contribution >= 4 is 0 Å². The number of hydrogen-bond acceptors (Lipinski definition) is 3. The molecule has 0 spiro atoms. The van der Waals surface area contributed by atoms with Gasteiger partial charge >= 0.3 is 0 Å². The molecule has 0 amide bonds. The Labute approximate surface area is 99.7 Å². The largest absolute Gasteiger partial charge is 0.374 e. The Bertz CT molecular complexity index is 218. The highest BCUT2D eigenvalue weighted by Crippen LogP contribution is 2.19. The monoisotopic (exact) mass is 226 g/mol. The molecule has 16 heavy (non-hydrogen) atoms. The number of likely N-dealkylation sites (tertiary alicyclic amines) is 1. The first-order valence-corrected chi connectivity index (χ1v) is 6.65. The second kappa shape index (κ2) is 5.03. The molecule has 2 saturated heterocycles. The molecule has 0 aliphatic carbocycles. The van der Waals surface area contributed by atoms with E-state index in [1.807, 2.05) is 0 Å². The Hall–Kier alpha value is -0.120. The molecular formula is C13H26N2O.